The molecule has 4 rings (SSSR count). The van der Waals surface area contributed by atoms with Gasteiger partial charge in [0.1, 0.15) is 10.9 Å². The van der Waals surface area contributed by atoms with Crippen molar-refractivity contribution in [1.29, 1.82) is 0 Å². The molecule has 1 fully saturated rings. The van der Waals surface area contributed by atoms with Gasteiger partial charge in [0, 0.05) is 28.6 Å². The van der Waals surface area contributed by atoms with E-state index >= 15 is 0 Å². The third-order valence-corrected chi connectivity index (χ3v) is 6.20. The van der Waals surface area contributed by atoms with Gasteiger partial charge in [-0.3, -0.25) is 19.7 Å². The van der Waals surface area contributed by atoms with E-state index in [1.165, 1.54) is 0 Å². The molecule has 1 aromatic heterocycles. The average Bonchev–Trinajstić information content (AvgIpc) is 3.18. The summed E-state index contributed by atoms with van der Waals surface area (Å²) in [5, 5.41) is 5.81. The number of fused-ring (bicyclic) bond motifs is 1. The van der Waals surface area contributed by atoms with E-state index in [2.05, 4.69) is 15.6 Å². The summed E-state index contributed by atoms with van der Waals surface area (Å²) in [5.41, 5.74) is 1.47. The molecule has 3 aromatic rings. The monoisotopic (exact) mass is 473 g/mol. The molecule has 0 saturated carbocycles. The number of carbonyl (C=O) groups excluding carboxylic acids is 3. The van der Waals surface area contributed by atoms with Crippen molar-refractivity contribution in [2.24, 2.45) is 0 Å². The lowest BCUT2D eigenvalue weighted by Gasteiger charge is -2.24. The van der Waals surface area contributed by atoms with Gasteiger partial charge in [0.25, 0.3) is 0 Å². The maximum absolute atomic E-state index is 12.9. The van der Waals surface area contributed by atoms with E-state index in [9.17, 15) is 14.4 Å². The highest BCUT2D eigenvalue weighted by molar-refractivity contribution is 6.36. The Morgan fingerprint density at radius 3 is 2.56 bits per heavy atom. The number of halogens is 2. The van der Waals surface area contributed by atoms with Gasteiger partial charge >= 0.3 is 0 Å². The summed E-state index contributed by atoms with van der Waals surface area (Å²) in [6.07, 6.45) is 0.574. The minimum absolute atomic E-state index is 0.178. The highest BCUT2D eigenvalue weighted by atomic mass is 35.5. The van der Waals surface area contributed by atoms with Gasteiger partial charge in [-0.15, -0.1) is 0 Å². The third kappa shape index (κ3) is 4.23. The molecule has 0 aliphatic carbocycles. The number of imide groups is 1. The first kappa shape index (κ1) is 22.3. The van der Waals surface area contributed by atoms with Crippen molar-refractivity contribution in [2.75, 3.05) is 0 Å². The maximum atomic E-state index is 12.9. The van der Waals surface area contributed by atoms with Crippen LogP contribution in [0.25, 0.3) is 11.1 Å². The summed E-state index contributed by atoms with van der Waals surface area (Å²) in [5.74, 6) is -1.26. The molecule has 2 heterocycles. The van der Waals surface area contributed by atoms with Crippen LogP contribution in [0.5, 0.6) is 0 Å². The molecule has 7 nitrogen and oxygen atoms in total. The molecule has 0 spiro atoms. The molecule has 2 N–H and O–H groups in total. The molecule has 0 radical (unpaired) electrons. The smallest absolute Gasteiger partial charge is 0.235 e. The number of carbonyl (C=O) groups is 3. The lowest BCUT2D eigenvalue weighted by atomic mass is 9.89. The standard InChI is InChI=1S/C23H21Cl2N3O4/c1-23(2,22-27-16-5-3-4-6-17(16)32-22)21(31)26-11-12-9-14(24)19(15(25)10-12)13-7-8-18(29)28-20(13)30/h3-6,9-10,13H,7-8,11H2,1-2H3,(H,26,31)(H,28,29,30). The third-order valence-electron chi connectivity index (χ3n) is 5.58. The van der Waals surface area contributed by atoms with E-state index in [4.69, 9.17) is 27.6 Å². The van der Waals surface area contributed by atoms with Gasteiger partial charge in [0.2, 0.25) is 23.6 Å². The highest BCUT2D eigenvalue weighted by Gasteiger charge is 2.35. The van der Waals surface area contributed by atoms with Crippen LogP contribution in [0.15, 0.2) is 40.8 Å². The number of oxazole rings is 1. The van der Waals surface area contributed by atoms with Gasteiger partial charge in [0.05, 0.1) is 5.92 Å². The first-order chi connectivity index (χ1) is 15.2. The maximum Gasteiger partial charge on any atom is 0.235 e. The van der Waals surface area contributed by atoms with E-state index in [0.717, 1.165) is 0 Å². The van der Waals surface area contributed by atoms with Crippen LogP contribution in [-0.4, -0.2) is 22.7 Å². The van der Waals surface area contributed by atoms with Gasteiger partial charge in [-0.05, 0) is 50.1 Å². The quantitative estimate of drug-likeness (QED) is 0.539. The molecule has 1 aliphatic heterocycles. The number of piperidine rings is 1. The molecule has 1 saturated heterocycles. The molecule has 1 aliphatic rings. The van der Waals surface area contributed by atoms with E-state index < -0.39 is 17.2 Å². The lowest BCUT2D eigenvalue weighted by Crippen LogP contribution is -2.40. The zero-order valence-electron chi connectivity index (χ0n) is 17.5. The summed E-state index contributed by atoms with van der Waals surface area (Å²) in [6.45, 7) is 3.65. The van der Waals surface area contributed by atoms with Crippen molar-refractivity contribution in [3.8, 4) is 0 Å². The minimum Gasteiger partial charge on any atom is -0.440 e. The molecule has 1 unspecified atom stereocenters. The molecule has 9 heteroatoms. The number of benzene rings is 2. The van der Waals surface area contributed by atoms with Crippen LogP contribution in [-0.2, 0) is 26.3 Å². The van der Waals surface area contributed by atoms with Crippen molar-refractivity contribution in [3.63, 3.8) is 0 Å². The van der Waals surface area contributed by atoms with Gasteiger partial charge < -0.3 is 9.73 Å². The topological polar surface area (TPSA) is 101 Å². The molecule has 0 bridgehead atoms. The van der Waals surface area contributed by atoms with E-state index in [-0.39, 0.29) is 24.8 Å². The summed E-state index contributed by atoms with van der Waals surface area (Å²) >= 11 is 12.9. The van der Waals surface area contributed by atoms with E-state index in [0.29, 0.717) is 44.6 Å². The van der Waals surface area contributed by atoms with Gasteiger partial charge in [-0.2, -0.15) is 0 Å². The largest absolute Gasteiger partial charge is 0.440 e. The Hall–Kier alpha value is -2.90. The second-order valence-corrected chi connectivity index (χ2v) is 9.09. The first-order valence-corrected chi connectivity index (χ1v) is 10.9. The Bertz CT molecular complexity index is 1180. The number of aromatic nitrogens is 1. The summed E-state index contributed by atoms with van der Waals surface area (Å²) in [7, 11) is 0. The zero-order chi connectivity index (χ0) is 23.0. The van der Waals surface area contributed by atoms with Crippen molar-refractivity contribution >= 4 is 52.0 Å². The van der Waals surface area contributed by atoms with Crippen LogP contribution in [0.4, 0.5) is 0 Å². The SMILES string of the molecule is CC(C)(C(=O)NCc1cc(Cl)c(C2CCC(=O)NC2=O)c(Cl)c1)c1nc2ccccc2o1. The number of amides is 3. The molecular weight excluding hydrogens is 453 g/mol. The van der Waals surface area contributed by atoms with Crippen LogP contribution in [0.2, 0.25) is 10.0 Å². The fourth-order valence-corrected chi connectivity index (χ4v) is 4.48. The van der Waals surface area contributed by atoms with Crippen LogP contribution >= 0.6 is 23.2 Å². The second-order valence-electron chi connectivity index (χ2n) is 8.27. The van der Waals surface area contributed by atoms with E-state index in [1.807, 2.05) is 18.2 Å². The Balaban J connectivity index is 1.49. The molecular formula is C23H21Cl2N3O4. The van der Waals surface area contributed by atoms with Gasteiger partial charge in [-0.1, -0.05) is 35.3 Å². The number of nitrogens with one attached hydrogen (secondary N) is 2. The van der Waals surface area contributed by atoms with Gasteiger partial charge in [0.15, 0.2) is 5.58 Å². The molecule has 1 atom stereocenters. The summed E-state index contributed by atoms with van der Waals surface area (Å²) in [6, 6.07) is 10.7. The second kappa shape index (κ2) is 8.56. The number of para-hydroxylation sites is 2. The fourth-order valence-electron chi connectivity index (χ4n) is 3.68. The molecule has 32 heavy (non-hydrogen) atoms. The van der Waals surface area contributed by atoms with Crippen molar-refractivity contribution in [3.05, 3.63) is 63.5 Å². The lowest BCUT2D eigenvalue weighted by molar-refractivity contribution is -0.134. The normalized spacial score (nSPS) is 16.8. The Morgan fingerprint density at radius 2 is 1.91 bits per heavy atom. The fraction of sp³-hybridized carbons (Fsp3) is 0.304. The summed E-state index contributed by atoms with van der Waals surface area (Å²) < 4.78 is 5.77. The van der Waals surface area contributed by atoms with Crippen molar-refractivity contribution in [2.45, 2.75) is 44.6 Å². The van der Waals surface area contributed by atoms with Crippen LogP contribution in [0, 0.1) is 0 Å². The van der Waals surface area contributed by atoms with Crippen LogP contribution in [0.3, 0.4) is 0 Å². The van der Waals surface area contributed by atoms with E-state index in [1.54, 1.807) is 32.0 Å². The van der Waals surface area contributed by atoms with Crippen LogP contribution in [0.1, 0.15) is 49.6 Å². The first-order valence-electron chi connectivity index (χ1n) is 10.1. The summed E-state index contributed by atoms with van der Waals surface area (Å²) in [4.78, 5) is 41.0. The number of hydrogen-bond donors (Lipinski definition) is 2. The molecule has 2 aromatic carbocycles. The van der Waals surface area contributed by atoms with Crippen molar-refractivity contribution < 1.29 is 18.8 Å². The highest BCUT2D eigenvalue weighted by Crippen LogP contribution is 2.37. The molecule has 166 valence electrons. The van der Waals surface area contributed by atoms with Crippen LogP contribution < -0.4 is 10.6 Å². The Kier molecular flexibility index (Phi) is 5.97. The van der Waals surface area contributed by atoms with Gasteiger partial charge in [-0.25, -0.2) is 4.98 Å². The number of hydrogen-bond acceptors (Lipinski definition) is 5. The number of rotatable bonds is 5. The predicted octanol–water partition coefficient (Wildman–Crippen LogP) is 4.25. The Morgan fingerprint density at radius 1 is 1.22 bits per heavy atom. The minimum atomic E-state index is -1.00. The Labute approximate surface area is 194 Å². The number of nitrogens with zero attached hydrogens (tertiary/aromatic N) is 1. The predicted molar refractivity (Wildman–Crippen MR) is 120 cm³/mol. The zero-order valence-corrected chi connectivity index (χ0v) is 19.0. The average molecular weight is 474 g/mol. The molecule has 3 amide bonds. The van der Waals surface area contributed by atoms with Crippen molar-refractivity contribution in [1.82, 2.24) is 15.6 Å².